The largest absolute Gasteiger partial charge is 0.378 e. The van der Waals surface area contributed by atoms with Crippen LogP contribution in [0.2, 0.25) is 0 Å². The van der Waals surface area contributed by atoms with Crippen LogP contribution < -0.4 is 10.6 Å². The lowest BCUT2D eigenvalue weighted by molar-refractivity contribution is -0.121. The summed E-state index contributed by atoms with van der Waals surface area (Å²) in [5.74, 6) is 0.0597. The van der Waals surface area contributed by atoms with E-state index in [-0.39, 0.29) is 18.1 Å². The zero-order chi connectivity index (χ0) is 13.8. The van der Waals surface area contributed by atoms with Crippen LogP contribution in [0.4, 0.5) is 0 Å². The van der Waals surface area contributed by atoms with Gasteiger partial charge in [0.1, 0.15) is 0 Å². The van der Waals surface area contributed by atoms with Crippen LogP contribution in [0.5, 0.6) is 0 Å². The molecule has 104 valence electrons. The molecular formula is C15H22N2O2. The van der Waals surface area contributed by atoms with Crippen LogP contribution in [0, 0.1) is 13.8 Å². The van der Waals surface area contributed by atoms with Crippen molar-refractivity contribution in [2.75, 3.05) is 20.2 Å². The summed E-state index contributed by atoms with van der Waals surface area (Å²) < 4.78 is 5.34. The van der Waals surface area contributed by atoms with E-state index in [0.29, 0.717) is 6.42 Å². The predicted molar refractivity (Wildman–Crippen MR) is 75.2 cm³/mol. The lowest BCUT2D eigenvalue weighted by Crippen LogP contribution is -2.44. The number of benzene rings is 1. The van der Waals surface area contributed by atoms with Crippen LogP contribution in [-0.2, 0) is 16.0 Å². The molecular weight excluding hydrogens is 240 g/mol. The first-order valence-electron chi connectivity index (χ1n) is 6.69. The molecule has 1 aromatic rings. The second kappa shape index (κ2) is 6.17. The highest BCUT2D eigenvalue weighted by Gasteiger charge is 2.28. The molecule has 1 saturated heterocycles. The molecule has 2 atom stereocenters. The number of ether oxygens (including phenoxy) is 1. The number of amides is 1. The molecule has 2 rings (SSSR count). The van der Waals surface area contributed by atoms with Gasteiger partial charge in [0.05, 0.1) is 18.6 Å². The van der Waals surface area contributed by atoms with Crippen molar-refractivity contribution in [1.29, 1.82) is 0 Å². The Kier molecular flexibility index (Phi) is 4.56. The molecule has 1 heterocycles. The molecule has 4 heteroatoms. The van der Waals surface area contributed by atoms with Gasteiger partial charge in [-0.2, -0.15) is 0 Å². The average molecular weight is 262 g/mol. The lowest BCUT2D eigenvalue weighted by atomic mass is 10.0. The first kappa shape index (κ1) is 14.0. The first-order chi connectivity index (χ1) is 9.10. The molecule has 0 aliphatic carbocycles. The summed E-state index contributed by atoms with van der Waals surface area (Å²) >= 11 is 0. The van der Waals surface area contributed by atoms with E-state index in [1.807, 2.05) is 13.8 Å². The maximum absolute atomic E-state index is 12.1. The molecule has 1 amide bonds. The number of methoxy groups -OCH3 is 1. The minimum absolute atomic E-state index is 0.0597. The number of hydrogen-bond donors (Lipinski definition) is 2. The van der Waals surface area contributed by atoms with Crippen LogP contribution in [0.25, 0.3) is 0 Å². The molecule has 0 aromatic heterocycles. The summed E-state index contributed by atoms with van der Waals surface area (Å²) in [7, 11) is 1.68. The van der Waals surface area contributed by atoms with Gasteiger partial charge in [0.25, 0.3) is 0 Å². The van der Waals surface area contributed by atoms with Crippen LogP contribution in [0.1, 0.15) is 16.7 Å². The quantitative estimate of drug-likeness (QED) is 0.849. The van der Waals surface area contributed by atoms with Gasteiger partial charge >= 0.3 is 0 Å². The van der Waals surface area contributed by atoms with Gasteiger partial charge in [-0.3, -0.25) is 4.79 Å². The Morgan fingerprint density at radius 3 is 2.95 bits per heavy atom. The summed E-state index contributed by atoms with van der Waals surface area (Å²) in [4.78, 5) is 12.1. The molecule has 4 nitrogen and oxygen atoms in total. The molecule has 1 aromatic carbocycles. The van der Waals surface area contributed by atoms with E-state index >= 15 is 0 Å². The van der Waals surface area contributed by atoms with Crippen molar-refractivity contribution in [3.63, 3.8) is 0 Å². The van der Waals surface area contributed by atoms with E-state index in [1.165, 1.54) is 5.56 Å². The highest BCUT2D eigenvalue weighted by Crippen LogP contribution is 2.12. The van der Waals surface area contributed by atoms with Crippen molar-refractivity contribution < 1.29 is 9.53 Å². The maximum Gasteiger partial charge on any atom is 0.224 e. The monoisotopic (exact) mass is 262 g/mol. The summed E-state index contributed by atoms with van der Waals surface area (Å²) in [5, 5.41) is 6.27. The third kappa shape index (κ3) is 3.55. The minimum Gasteiger partial charge on any atom is -0.378 e. The lowest BCUT2D eigenvalue weighted by Gasteiger charge is -2.19. The Morgan fingerprint density at radius 1 is 1.42 bits per heavy atom. The Morgan fingerprint density at radius 2 is 2.21 bits per heavy atom. The highest BCUT2D eigenvalue weighted by molar-refractivity contribution is 5.79. The van der Waals surface area contributed by atoms with E-state index < -0.39 is 0 Å². The highest BCUT2D eigenvalue weighted by atomic mass is 16.5. The van der Waals surface area contributed by atoms with Gasteiger partial charge in [-0.25, -0.2) is 0 Å². The van der Waals surface area contributed by atoms with E-state index in [4.69, 9.17) is 4.74 Å². The Balaban J connectivity index is 1.95. The van der Waals surface area contributed by atoms with Crippen LogP contribution in [0.15, 0.2) is 18.2 Å². The molecule has 0 saturated carbocycles. The third-order valence-electron chi connectivity index (χ3n) is 3.66. The summed E-state index contributed by atoms with van der Waals surface area (Å²) in [5.41, 5.74) is 3.44. The summed E-state index contributed by atoms with van der Waals surface area (Å²) in [6, 6.07) is 6.28. The molecule has 1 aliphatic heterocycles. The number of nitrogens with one attached hydrogen (secondary N) is 2. The van der Waals surface area contributed by atoms with E-state index in [1.54, 1.807) is 7.11 Å². The van der Waals surface area contributed by atoms with Gasteiger partial charge in [0.15, 0.2) is 0 Å². The minimum atomic E-state index is 0.0597. The van der Waals surface area contributed by atoms with Crippen LogP contribution in [0.3, 0.4) is 0 Å². The molecule has 2 N–H and O–H groups in total. The molecule has 0 bridgehead atoms. The van der Waals surface area contributed by atoms with Crippen molar-refractivity contribution in [2.24, 2.45) is 0 Å². The molecule has 0 radical (unpaired) electrons. The number of hydrogen-bond acceptors (Lipinski definition) is 3. The van der Waals surface area contributed by atoms with Crippen LogP contribution >= 0.6 is 0 Å². The maximum atomic E-state index is 12.1. The van der Waals surface area contributed by atoms with Crippen molar-refractivity contribution in [1.82, 2.24) is 10.6 Å². The van der Waals surface area contributed by atoms with Crippen molar-refractivity contribution >= 4 is 5.91 Å². The Hall–Kier alpha value is -1.39. The Labute approximate surface area is 114 Å². The van der Waals surface area contributed by atoms with Crippen molar-refractivity contribution in [3.8, 4) is 0 Å². The molecule has 1 unspecified atom stereocenters. The Bertz CT molecular complexity index is 459. The number of aryl methyl sites for hydroxylation is 2. The topological polar surface area (TPSA) is 50.4 Å². The summed E-state index contributed by atoms with van der Waals surface area (Å²) in [6.07, 6.45) is 0.503. The molecule has 1 aliphatic rings. The number of rotatable bonds is 4. The number of carbonyl (C=O) groups excluding carboxylic acids is 1. The second-order valence-electron chi connectivity index (χ2n) is 5.21. The molecule has 19 heavy (non-hydrogen) atoms. The fourth-order valence-corrected chi connectivity index (χ4v) is 2.47. The van der Waals surface area contributed by atoms with Crippen molar-refractivity contribution in [2.45, 2.75) is 32.4 Å². The predicted octanol–water partition coefficient (Wildman–Crippen LogP) is 0.949. The van der Waals surface area contributed by atoms with Gasteiger partial charge in [-0.1, -0.05) is 23.8 Å². The fourth-order valence-electron chi connectivity index (χ4n) is 2.47. The van der Waals surface area contributed by atoms with Gasteiger partial charge in [-0.05, 0) is 25.0 Å². The molecule has 0 spiro atoms. The van der Waals surface area contributed by atoms with E-state index in [9.17, 15) is 4.79 Å². The summed E-state index contributed by atoms with van der Waals surface area (Å²) in [6.45, 7) is 5.65. The zero-order valence-corrected chi connectivity index (χ0v) is 11.8. The average Bonchev–Trinajstić information content (AvgIpc) is 2.81. The standard InChI is InChI=1S/C15H22N2O2/c1-10-4-5-11(2)12(6-10)7-15(18)17-13-8-16-9-14(13)19-3/h4-6,13-14,16H,7-9H2,1-3H3,(H,17,18)/t13?,14-/m0/s1. The van der Waals surface area contributed by atoms with Crippen LogP contribution in [-0.4, -0.2) is 38.3 Å². The van der Waals surface area contributed by atoms with Gasteiger partial charge < -0.3 is 15.4 Å². The second-order valence-corrected chi connectivity index (χ2v) is 5.21. The van der Waals surface area contributed by atoms with E-state index in [0.717, 1.165) is 24.2 Å². The third-order valence-corrected chi connectivity index (χ3v) is 3.66. The van der Waals surface area contributed by atoms with E-state index in [2.05, 4.69) is 28.8 Å². The number of carbonyl (C=O) groups is 1. The SMILES string of the molecule is CO[C@H]1CNCC1NC(=O)Cc1cc(C)ccc1C. The zero-order valence-electron chi connectivity index (χ0n) is 11.8. The van der Waals surface area contributed by atoms with Gasteiger partial charge in [-0.15, -0.1) is 0 Å². The smallest absolute Gasteiger partial charge is 0.224 e. The molecule has 1 fully saturated rings. The normalized spacial score (nSPS) is 22.5. The van der Waals surface area contributed by atoms with Crippen molar-refractivity contribution in [3.05, 3.63) is 34.9 Å². The van der Waals surface area contributed by atoms with Gasteiger partial charge in [0, 0.05) is 20.2 Å². The fraction of sp³-hybridized carbons (Fsp3) is 0.533. The first-order valence-corrected chi connectivity index (χ1v) is 6.69. The van der Waals surface area contributed by atoms with Gasteiger partial charge in [0.2, 0.25) is 5.91 Å².